The molecule has 2 aromatic heterocycles. The van der Waals surface area contributed by atoms with E-state index in [1.54, 1.807) is 11.0 Å². The molecular formula is C11H14N5O+. The highest BCUT2D eigenvalue weighted by Crippen LogP contribution is 1.94. The van der Waals surface area contributed by atoms with Gasteiger partial charge in [-0.25, -0.2) is 4.68 Å². The zero-order valence-corrected chi connectivity index (χ0v) is 9.44. The Kier molecular flexibility index (Phi) is 3.90. The van der Waals surface area contributed by atoms with Gasteiger partial charge in [0, 0.05) is 25.1 Å². The number of Topliss-reactive ketones (excluding diaryl/α,β-unsaturated/α-hetero) is 1. The van der Waals surface area contributed by atoms with Crippen LogP contribution in [-0.2, 0) is 17.9 Å². The highest BCUT2D eigenvalue weighted by molar-refractivity contribution is 5.76. The van der Waals surface area contributed by atoms with Crippen molar-refractivity contribution < 1.29 is 9.36 Å². The van der Waals surface area contributed by atoms with Crippen LogP contribution in [0.5, 0.6) is 0 Å². The maximum absolute atomic E-state index is 11.7. The van der Waals surface area contributed by atoms with Crippen molar-refractivity contribution >= 4 is 5.78 Å². The molecule has 0 amide bonds. The number of rotatable bonds is 6. The monoisotopic (exact) mass is 232 g/mol. The first-order chi connectivity index (χ1) is 8.34. The van der Waals surface area contributed by atoms with Gasteiger partial charge in [-0.2, -0.15) is 4.57 Å². The molecule has 0 aliphatic carbocycles. The van der Waals surface area contributed by atoms with Crippen LogP contribution in [0.1, 0.15) is 12.8 Å². The lowest BCUT2D eigenvalue weighted by molar-refractivity contribution is -0.684. The van der Waals surface area contributed by atoms with Crippen LogP contribution < -0.4 is 4.57 Å². The van der Waals surface area contributed by atoms with Gasteiger partial charge in [0.25, 0.3) is 0 Å². The molecule has 0 saturated heterocycles. The van der Waals surface area contributed by atoms with Crippen LogP contribution in [0, 0.1) is 0 Å². The zero-order valence-electron chi connectivity index (χ0n) is 9.44. The molecule has 0 unspecified atom stereocenters. The molecule has 0 atom stereocenters. The second kappa shape index (κ2) is 5.83. The summed E-state index contributed by atoms with van der Waals surface area (Å²) in [5, 5.41) is 10.8. The van der Waals surface area contributed by atoms with Gasteiger partial charge in [-0.3, -0.25) is 4.79 Å². The molecule has 88 valence electrons. The predicted octanol–water partition coefficient (Wildman–Crippen LogP) is 0.0101. The summed E-state index contributed by atoms with van der Waals surface area (Å²) in [5.74, 6) is 0.217. The molecule has 0 radical (unpaired) electrons. The molecular weight excluding hydrogens is 218 g/mol. The summed E-state index contributed by atoms with van der Waals surface area (Å²) in [5.41, 5.74) is 0. The Labute approximate surface area is 98.9 Å². The van der Waals surface area contributed by atoms with E-state index in [2.05, 4.69) is 15.5 Å². The fourth-order valence-electron chi connectivity index (χ4n) is 1.54. The van der Waals surface area contributed by atoms with Crippen molar-refractivity contribution in [3.05, 3.63) is 36.9 Å². The van der Waals surface area contributed by atoms with E-state index in [0.717, 1.165) is 6.42 Å². The summed E-state index contributed by atoms with van der Waals surface area (Å²) >= 11 is 0. The van der Waals surface area contributed by atoms with Crippen LogP contribution in [0.15, 0.2) is 36.9 Å². The lowest BCUT2D eigenvalue weighted by Crippen LogP contribution is -2.36. The van der Waals surface area contributed by atoms with Gasteiger partial charge in [0.2, 0.25) is 6.54 Å². The van der Waals surface area contributed by atoms with Gasteiger partial charge in [0.05, 0.1) is 0 Å². The largest absolute Gasteiger partial charge is 0.293 e. The van der Waals surface area contributed by atoms with Gasteiger partial charge < -0.3 is 0 Å². The van der Waals surface area contributed by atoms with Crippen molar-refractivity contribution in [1.82, 2.24) is 20.2 Å². The molecule has 0 aliphatic rings. The number of ketones is 1. The van der Waals surface area contributed by atoms with Crippen molar-refractivity contribution in [2.75, 3.05) is 0 Å². The van der Waals surface area contributed by atoms with Crippen LogP contribution in [0.4, 0.5) is 0 Å². The standard InChI is InChI=1S/C11H14N5O/c17-11(9-15-6-2-1-3-7-15)5-4-8-16-10-12-13-14-16/h1-3,6-7,10H,4-5,8-9H2/q+1. The van der Waals surface area contributed by atoms with Crippen LogP contribution in [0.2, 0.25) is 0 Å². The fraction of sp³-hybridized carbons (Fsp3) is 0.364. The molecule has 0 aliphatic heterocycles. The van der Waals surface area contributed by atoms with Crippen molar-refractivity contribution in [3.8, 4) is 0 Å². The second-order valence-corrected chi connectivity index (χ2v) is 3.76. The Morgan fingerprint density at radius 1 is 1.24 bits per heavy atom. The third-order valence-corrected chi connectivity index (χ3v) is 2.37. The zero-order chi connectivity index (χ0) is 11.9. The maximum Gasteiger partial charge on any atom is 0.206 e. The van der Waals surface area contributed by atoms with Crippen LogP contribution in [0.3, 0.4) is 0 Å². The number of hydrogen-bond donors (Lipinski definition) is 0. The van der Waals surface area contributed by atoms with Gasteiger partial charge in [-0.05, 0) is 16.8 Å². The van der Waals surface area contributed by atoms with Crippen LogP contribution in [0.25, 0.3) is 0 Å². The Bertz CT molecular complexity index is 454. The molecule has 2 heterocycles. The first-order valence-electron chi connectivity index (χ1n) is 5.51. The number of pyridine rings is 1. The van der Waals surface area contributed by atoms with E-state index in [-0.39, 0.29) is 5.78 Å². The maximum atomic E-state index is 11.7. The topological polar surface area (TPSA) is 64.5 Å². The molecule has 2 rings (SSSR count). The number of carbonyl (C=O) groups is 1. The van der Waals surface area contributed by atoms with Crippen LogP contribution >= 0.6 is 0 Å². The highest BCUT2D eigenvalue weighted by atomic mass is 16.1. The van der Waals surface area contributed by atoms with E-state index in [1.165, 1.54) is 0 Å². The predicted molar refractivity (Wildman–Crippen MR) is 58.7 cm³/mol. The number of aryl methyl sites for hydroxylation is 1. The van der Waals surface area contributed by atoms with Gasteiger partial charge in [0.1, 0.15) is 6.33 Å². The molecule has 17 heavy (non-hydrogen) atoms. The third-order valence-electron chi connectivity index (χ3n) is 2.37. The number of aromatic nitrogens is 5. The number of nitrogens with zero attached hydrogens (tertiary/aromatic N) is 5. The summed E-state index contributed by atoms with van der Waals surface area (Å²) < 4.78 is 3.50. The number of carbonyl (C=O) groups excluding carboxylic acids is 1. The smallest absolute Gasteiger partial charge is 0.206 e. The summed E-state index contributed by atoms with van der Waals surface area (Å²) in [7, 11) is 0. The molecule has 0 bridgehead atoms. The lowest BCUT2D eigenvalue weighted by atomic mass is 10.2. The Balaban J connectivity index is 1.71. The minimum atomic E-state index is 0.217. The summed E-state index contributed by atoms with van der Waals surface area (Å²) in [4.78, 5) is 11.7. The summed E-state index contributed by atoms with van der Waals surface area (Å²) in [6.45, 7) is 1.11. The molecule has 0 aromatic carbocycles. The molecule has 0 fully saturated rings. The average molecular weight is 232 g/mol. The van der Waals surface area contributed by atoms with Gasteiger partial charge >= 0.3 is 0 Å². The third kappa shape index (κ3) is 3.75. The highest BCUT2D eigenvalue weighted by Gasteiger charge is 2.08. The second-order valence-electron chi connectivity index (χ2n) is 3.76. The number of hydrogen-bond acceptors (Lipinski definition) is 4. The average Bonchev–Trinajstić information content (AvgIpc) is 2.83. The van der Waals surface area contributed by atoms with E-state index in [1.807, 2.05) is 35.2 Å². The molecule has 6 nitrogen and oxygen atoms in total. The molecule has 0 N–H and O–H groups in total. The first-order valence-corrected chi connectivity index (χ1v) is 5.51. The van der Waals surface area contributed by atoms with E-state index >= 15 is 0 Å². The lowest BCUT2D eigenvalue weighted by Gasteiger charge is -1.98. The SMILES string of the molecule is O=C(CCCn1cnnn1)C[n+]1ccccc1. The van der Waals surface area contributed by atoms with E-state index < -0.39 is 0 Å². The van der Waals surface area contributed by atoms with Crippen molar-refractivity contribution in [2.24, 2.45) is 0 Å². The van der Waals surface area contributed by atoms with Gasteiger partial charge in [-0.15, -0.1) is 5.10 Å². The normalized spacial score (nSPS) is 10.4. The Morgan fingerprint density at radius 3 is 2.76 bits per heavy atom. The van der Waals surface area contributed by atoms with Crippen LogP contribution in [-0.4, -0.2) is 26.0 Å². The summed E-state index contributed by atoms with van der Waals surface area (Å²) in [6, 6.07) is 5.75. The quantitative estimate of drug-likeness (QED) is 0.658. The molecule has 0 saturated carbocycles. The minimum absolute atomic E-state index is 0.217. The van der Waals surface area contributed by atoms with Crippen molar-refractivity contribution in [3.63, 3.8) is 0 Å². The van der Waals surface area contributed by atoms with Gasteiger partial charge in [0.15, 0.2) is 18.2 Å². The van der Waals surface area contributed by atoms with E-state index in [9.17, 15) is 4.79 Å². The Morgan fingerprint density at radius 2 is 2.06 bits per heavy atom. The van der Waals surface area contributed by atoms with E-state index in [4.69, 9.17) is 0 Å². The Hall–Kier alpha value is -2.11. The van der Waals surface area contributed by atoms with Gasteiger partial charge in [-0.1, -0.05) is 6.07 Å². The number of tetrazole rings is 1. The molecule has 0 spiro atoms. The fourth-order valence-corrected chi connectivity index (χ4v) is 1.54. The van der Waals surface area contributed by atoms with Crippen molar-refractivity contribution in [1.29, 1.82) is 0 Å². The molecule has 6 heteroatoms. The van der Waals surface area contributed by atoms with Crippen molar-refractivity contribution in [2.45, 2.75) is 25.9 Å². The minimum Gasteiger partial charge on any atom is -0.293 e. The first kappa shape index (κ1) is 11.4. The summed E-state index contributed by atoms with van der Waals surface area (Å²) in [6.07, 6.45) is 6.63. The van der Waals surface area contributed by atoms with E-state index in [0.29, 0.717) is 19.5 Å². The molecule has 2 aromatic rings.